The van der Waals surface area contributed by atoms with Gasteiger partial charge in [-0.25, -0.2) is 0 Å². The van der Waals surface area contributed by atoms with Gasteiger partial charge in [0.25, 0.3) is 0 Å². The maximum atomic E-state index is 13.1. The molecule has 7 heteroatoms. The molecule has 3 atom stereocenters. The second-order valence-electron chi connectivity index (χ2n) is 8.35. The molecule has 0 aliphatic carbocycles. The zero-order valence-electron chi connectivity index (χ0n) is 18.9. The molecule has 32 heavy (non-hydrogen) atoms. The van der Waals surface area contributed by atoms with Crippen LogP contribution in [-0.4, -0.2) is 41.0 Å². The molecule has 2 aromatic rings. The second kappa shape index (κ2) is 12.6. The molecule has 0 aliphatic heterocycles. The number of aryl methyl sites for hydroxylation is 1. The molecule has 2 rings (SSSR count). The van der Waals surface area contributed by atoms with Gasteiger partial charge >= 0.3 is 5.97 Å². The molecule has 0 aromatic heterocycles. The predicted octanol–water partition coefficient (Wildman–Crippen LogP) is 3.22. The number of anilines is 1. The number of carbonyl (C=O) groups excluding carboxylic acids is 2. The highest BCUT2D eigenvalue weighted by molar-refractivity contribution is 5.97. The molecule has 0 heterocycles. The minimum Gasteiger partial charge on any atom is -0.480 e. The van der Waals surface area contributed by atoms with Gasteiger partial charge in [-0.05, 0) is 49.8 Å². The maximum Gasteiger partial charge on any atom is 0.320 e. The topological polar surface area (TPSA) is 108 Å². The van der Waals surface area contributed by atoms with E-state index in [-0.39, 0.29) is 17.7 Å². The maximum absolute atomic E-state index is 13.1. The van der Waals surface area contributed by atoms with Gasteiger partial charge in [0.15, 0.2) is 0 Å². The molecule has 2 amide bonds. The first-order valence-electron chi connectivity index (χ1n) is 10.9. The fourth-order valence-electron chi connectivity index (χ4n) is 3.34. The molecule has 2 aromatic carbocycles. The third-order valence-electron chi connectivity index (χ3n) is 5.08. The normalized spacial score (nSPS) is 13.8. The minimum atomic E-state index is -1.04. The standard InChI is InChI=1S/C25H33N3O4/c1-17(2)16-22(24(30)27-20-12-8-5-9-13-20)28-23(29)21(26-18(3)25(31)32)15-14-19-10-6-4-7-11-19/h4-13,17-18,21-22,26H,14-16H2,1-3H3,(H,27,30)(H,28,29)(H,31,32)/t18-,21+,22+/m0/s1. The van der Waals surface area contributed by atoms with Crippen LogP contribution in [0.4, 0.5) is 5.69 Å². The van der Waals surface area contributed by atoms with Crippen LogP contribution in [-0.2, 0) is 20.8 Å². The first-order chi connectivity index (χ1) is 15.3. The summed E-state index contributed by atoms with van der Waals surface area (Å²) in [4.78, 5) is 37.4. The van der Waals surface area contributed by atoms with Gasteiger partial charge in [-0.15, -0.1) is 0 Å². The molecule has 0 spiro atoms. The molecule has 0 bridgehead atoms. The van der Waals surface area contributed by atoms with E-state index in [9.17, 15) is 19.5 Å². The average molecular weight is 440 g/mol. The molecule has 7 nitrogen and oxygen atoms in total. The van der Waals surface area contributed by atoms with E-state index in [0.29, 0.717) is 24.9 Å². The number of para-hydroxylation sites is 1. The van der Waals surface area contributed by atoms with Crippen LogP contribution in [0.3, 0.4) is 0 Å². The van der Waals surface area contributed by atoms with Gasteiger partial charge < -0.3 is 15.7 Å². The smallest absolute Gasteiger partial charge is 0.320 e. The Hall–Kier alpha value is -3.19. The van der Waals surface area contributed by atoms with Crippen molar-refractivity contribution in [3.05, 3.63) is 66.2 Å². The Morgan fingerprint density at radius 3 is 2.00 bits per heavy atom. The number of hydrogen-bond donors (Lipinski definition) is 4. The molecule has 4 N–H and O–H groups in total. The summed E-state index contributed by atoms with van der Waals surface area (Å²) in [6.07, 6.45) is 1.47. The summed E-state index contributed by atoms with van der Waals surface area (Å²) >= 11 is 0. The lowest BCUT2D eigenvalue weighted by molar-refractivity contribution is -0.139. The van der Waals surface area contributed by atoms with Crippen molar-refractivity contribution >= 4 is 23.5 Å². The Morgan fingerprint density at radius 1 is 0.844 bits per heavy atom. The zero-order valence-corrected chi connectivity index (χ0v) is 18.9. The van der Waals surface area contributed by atoms with E-state index in [1.165, 1.54) is 6.92 Å². The molecule has 0 saturated heterocycles. The van der Waals surface area contributed by atoms with Gasteiger partial charge in [0.05, 0.1) is 6.04 Å². The van der Waals surface area contributed by atoms with Gasteiger partial charge in [-0.3, -0.25) is 19.7 Å². The Labute approximate surface area is 189 Å². The largest absolute Gasteiger partial charge is 0.480 e. The molecular formula is C25H33N3O4. The number of aliphatic carboxylic acids is 1. The van der Waals surface area contributed by atoms with Crippen molar-refractivity contribution < 1.29 is 19.5 Å². The van der Waals surface area contributed by atoms with Crippen molar-refractivity contribution in [2.24, 2.45) is 5.92 Å². The number of carboxylic acid groups (broad SMARTS) is 1. The van der Waals surface area contributed by atoms with E-state index in [1.807, 2.05) is 62.4 Å². The summed E-state index contributed by atoms with van der Waals surface area (Å²) < 4.78 is 0. The van der Waals surface area contributed by atoms with Crippen molar-refractivity contribution in [2.75, 3.05) is 5.32 Å². The number of benzene rings is 2. The molecule has 0 radical (unpaired) electrons. The Morgan fingerprint density at radius 2 is 1.44 bits per heavy atom. The van der Waals surface area contributed by atoms with Crippen molar-refractivity contribution in [2.45, 2.75) is 58.2 Å². The van der Waals surface area contributed by atoms with Gasteiger partial charge in [-0.1, -0.05) is 62.4 Å². The quantitative estimate of drug-likeness (QED) is 0.406. The molecule has 0 unspecified atom stereocenters. The van der Waals surface area contributed by atoms with Crippen molar-refractivity contribution in [1.29, 1.82) is 0 Å². The van der Waals surface area contributed by atoms with Crippen molar-refractivity contribution in [3.8, 4) is 0 Å². The molecule has 0 fully saturated rings. The minimum absolute atomic E-state index is 0.176. The van der Waals surface area contributed by atoms with Gasteiger partial charge in [-0.2, -0.15) is 0 Å². The van der Waals surface area contributed by atoms with E-state index < -0.39 is 24.1 Å². The highest BCUT2D eigenvalue weighted by Crippen LogP contribution is 2.12. The fourth-order valence-corrected chi connectivity index (χ4v) is 3.34. The van der Waals surface area contributed by atoms with Crippen LogP contribution in [0.25, 0.3) is 0 Å². The highest BCUT2D eigenvalue weighted by atomic mass is 16.4. The van der Waals surface area contributed by atoms with E-state index in [1.54, 1.807) is 12.1 Å². The van der Waals surface area contributed by atoms with Gasteiger partial charge in [0.1, 0.15) is 12.1 Å². The molecule has 0 aliphatic rings. The molecule has 0 saturated carbocycles. The number of rotatable bonds is 12. The first kappa shape index (κ1) is 25.1. The van der Waals surface area contributed by atoms with Crippen molar-refractivity contribution in [1.82, 2.24) is 10.6 Å². The Balaban J connectivity index is 2.11. The summed E-state index contributed by atoms with van der Waals surface area (Å²) in [5.41, 5.74) is 1.70. The van der Waals surface area contributed by atoms with E-state index in [2.05, 4.69) is 16.0 Å². The molecular weight excluding hydrogens is 406 g/mol. The third kappa shape index (κ3) is 8.51. The highest BCUT2D eigenvalue weighted by Gasteiger charge is 2.28. The summed E-state index contributed by atoms with van der Waals surface area (Å²) in [6, 6.07) is 16.4. The zero-order chi connectivity index (χ0) is 23.5. The van der Waals surface area contributed by atoms with E-state index >= 15 is 0 Å². The lowest BCUT2D eigenvalue weighted by atomic mass is 10.0. The predicted molar refractivity (Wildman–Crippen MR) is 125 cm³/mol. The van der Waals surface area contributed by atoms with Crippen LogP contribution in [0.5, 0.6) is 0 Å². The van der Waals surface area contributed by atoms with Gasteiger partial charge in [0.2, 0.25) is 11.8 Å². The van der Waals surface area contributed by atoms with Crippen LogP contribution < -0.4 is 16.0 Å². The summed E-state index contributed by atoms with van der Waals surface area (Å²) in [5.74, 6) is -1.55. The first-order valence-corrected chi connectivity index (χ1v) is 10.9. The van der Waals surface area contributed by atoms with Crippen LogP contribution in [0.15, 0.2) is 60.7 Å². The lowest BCUT2D eigenvalue weighted by Crippen LogP contribution is -2.54. The van der Waals surface area contributed by atoms with Crippen molar-refractivity contribution in [3.63, 3.8) is 0 Å². The number of amides is 2. The number of carbonyl (C=O) groups is 3. The fraction of sp³-hybridized carbons (Fsp3) is 0.400. The number of nitrogens with one attached hydrogen (secondary N) is 3. The summed E-state index contributed by atoms with van der Waals surface area (Å²) in [6.45, 7) is 5.46. The second-order valence-corrected chi connectivity index (χ2v) is 8.35. The van der Waals surface area contributed by atoms with Crippen LogP contribution in [0.2, 0.25) is 0 Å². The SMILES string of the molecule is CC(C)C[C@@H](NC(=O)[C@@H](CCc1ccccc1)N[C@@H](C)C(=O)O)C(=O)Nc1ccccc1. The Kier molecular flexibility index (Phi) is 9.88. The monoisotopic (exact) mass is 439 g/mol. The summed E-state index contributed by atoms with van der Waals surface area (Å²) in [5, 5.41) is 17.9. The van der Waals surface area contributed by atoms with E-state index in [0.717, 1.165) is 5.56 Å². The van der Waals surface area contributed by atoms with Crippen LogP contribution in [0.1, 0.15) is 39.2 Å². The number of hydrogen-bond acceptors (Lipinski definition) is 4. The Bertz CT molecular complexity index is 871. The lowest BCUT2D eigenvalue weighted by Gasteiger charge is -2.25. The number of carboxylic acids is 1. The third-order valence-corrected chi connectivity index (χ3v) is 5.08. The molecule has 172 valence electrons. The average Bonchev–Trinajstić information content (AvgIpc) is 2.76. The summed E-state index contributed by atoms with van der Waals surface area (Å²) in [7, 11) is 0. The van der Waals surface area contributed by atoms with Crippen LogP contribution in [0, 0.1) is 5.92 Å². The van der Waals surface area contributed by atoms with E-state index in [4.69, 9.17) is 0 Å². The van der Waals surface area contributed by atoms with Gasteiger partial charge in [0, 0.05) is 5.69 Å². The van der Waals surface area contributed by atoms with Crippen LogP contribution >= 0.6 is 0 Å².